The van der Waals surface area contributed by atoms with E-state index in [4.69, 9.17) is 17.3 Å². The van der Waals surface area contributed by atoms with E-state index in [0.717, 1.165) is 20.8 Å². The van der Waals surface area contributed by atoms with Gasteiger partial charge in [0.25, 0.3) is 0 Å². The predicted molar refractivity (Wildman–Crippen MR) is 78.8 cm³/mol. The lowest BCUT2D eigenvalue weighted by molar-refractivity contribution is 0.726. The Morgan fingerprint density at radius 3 is 2.76 bits per heavy atom. The first-order valence-electron chi connectivity index (χ1n) is 5.32. The molecule has 1 unspecified atom stereocenters. The van der Waals surface area contributed by atoms with E-state index in [9.17, 15) is 0 Å². The van der Waals surface area contributed by atoms with Crippen molar-refractivity contribution in [1.82, 2.24) is 0 Å². The Labute approximate surface area is 119 Å². The maximum absolute atomic E-state index is 6.24. The Balaban J connectivity index is 2.19. The lowest BCUT2D eigenvalue weighted by atomic mass is 10.0. The number of aryl methyl sites for hydroxylation is 1. The fraction of sp³-hybridized carbons (Fsp3) is 0.231. The van der Waals surface area contributed by atoms with Gasteiger partial charge in [-0.3, -0.25) is 0 Å². The largest absolute Gasteiger partial charge is 0.324 e. The van der Waals surface area contributed by atoms with Gasteiger partial charge in [-0.2, -0.15) is 0 Å². The number of nitrogens with two attached hydrogens (primary N) is 1. The molecule has 0 spiro atoms. The van der Waals surface area contributed by atoms with Crippen LogP contribution < -0.4 is 5.73 Å². The second-order valence-corrected chi connectivity index (χ2v) is 6.70. The molecule has 17 heavy (non-hydrogen) atoms. The first-order chi connectivity index (χ1) is 8.06. The van der Waals surface area contributed by atoms with E-state index < -0.39 is 0 Å². The van der Waals surface area contributed by atoms with Gasteiger partial charge in [0.2, 0.25) is 0 Å². The molecule has 1 aromatic heterocycles. The second kappa shape index (κ2) is 5.53. The van der Waals surface area contributed by atoms with Crippen molar-refractivity contribution in [3.63, 3.8) is 0 Å². The summed E-state index contributed by atoms with van der Waals surface area (Å²) in [4.78, 5) is 1.22. The van der Waals surface area contributed by atoms with Gasteiger partial charge < -0.3 is 5.73 Å². The van der Waals surface area contributed by atoms with Crippen LogP contribution in [0, 0.1) is 6.92 Å². The molecular weight excluding hydrogens is 318 g/mol. The summed E-state index contributed by atoms with van der Waals surface area (Å²) < 4.78 is 1.88. The number of hydrogen-bond acceptors (Lipinski definition) is 2. The average Bonchev–Trinajstić information content (AvgIpc) is 2.67. The van der Waals surface area contributed by atoms with Crippen LogP contribution in [0.1, 0.15) is 22.0 Å². The van der Waals surface area contributed by atoms with Crippen LogP contribution in [0.25, 0.3) is 0 Å². The lowest BCUT2D eigenvalue weighted by Gasteiger charge is -2.13. The van der Waals surface area contributed by atoms with E-state index in [1.165, 1.54) is 10.4 Å². The Bertz CT molecular complexity index is 524. The minimum atomic E-state index is -0.000934. The summed E-state index contributed by atoms with van der Waals surface area (Å²) in [6.45, 7) is 2.07. The summed E-state index contributed by atoms with van der Waals surface area (Å²) in [6, 6.07) is 10.2. The van der Waals surface area contributed by atoms with Crippen LogP contribution in [0.3, 0.4) is 0 Å². The summed E-state index contributed by atoms with van der Waals surface area (Å²) in [5, 5.41) is 0. The quantitative estimate of drug-likeness (QED) is 0.866. The van der Waals surface area contributed by atoms with E-state index in [-0.39, 0.29) is 6.04 Å². The third kappa shape index (κ3) is 3.32. The molecule has 2 N–H and O–H groups in total. The Morgan fingerprint density at radius 2 is 2.12 bits per heavy atom. The van der Waals surface area contributed by atoms with Gasteiger partial charge >= 0.3 is 0 Å². The van der Waals surface area contributed by atoms with Gasteiger partial charge in [0.15, 0.2) is 0 Å². The van der Waals surface area contributed by atoms with Crippen LogP contribution in [-0.4, -0.2) is 0 Å². The van der Waals surface area contributed by atoms with Gasteiger partial charge in [0.05, 0.1) is 4.34 Å². The molecule has 0 aliphatic carbocycles. The topological polar surface area (TPSA) is 26.0 Å². The maximum Gasteiger partial charge on any atom is 0.0931 e. The highest BCUT2D eigenvalue weighted by Crippen LogP contribution is 2.29. The maximum atomic E-state index is 6.24. The Hall–Kier alpha value is -0.350. The number of halogens is 2. The van der Waals surface area contributed by atoms with E-state index in [1.54, 1.807) is 11.3 Å². The fourth-order valence-electron chi connectivity index (χ4n) is 1.74. The van der Waals surface area contributed by atoms with Crippen LogP contribution in [0.4, 0.5) is 0 Å². The van der Waals surface area contributed by atoms with Crippen LogP contribution in [-0.2, 0) is 6.42 Å². The Morgan fingerprint density at radius 1 is 1.35 bits per heavy atom. The molecule has 0 aliphatic rings. The fourth-order valence-corrected chi connectivity index (χ4v) is 3.42. The van der Waals surface area contributed by atoms with Crippen LogP contribution >= 0.6 is 38.9 Å². The molecule has 90 valence electrons. The lowest BCUT2D eigenvalue weighted by Crippen LogP contribution is -2.13. The smallest absolute Gasteiger partial charge is 0.0931 e. The average molecular weight is 331 g/mol. The Kier molecular flexibility index (Phi) is 4.26. The summed E-state index contributed by atoms with van der Waals surface area (Å²) >= 11 is 11.1. The SMILES string of the molecule is Cc1ccc(Br)c(C(N)Cc2ccc(Cl)s2)c1. The molecule has 0 radical (unpaired) electrons. The van der Waals surface area contributed by atoms with Gasteiger partial charge in [0.1, 0.15) is 0 Å². The molecule has 4 heteroatoms. The highest BCUT2D eigenvalue weighted by molar-refractivity contribution is 9.10. The summed E-state index contributed by atoms with van der Waals surface area (Å²) in [5.74, 6) is 0. The molecule has 0 bridgehead atoms. The van der Waals surface area contributed by atoms with Crippen molar-refractivity contribution in [2.45, 2.75) is 19.4 Å². The van der Waals surface area contributed by atoms with E-state index >= 15 is 0 Å². The zero-order valence-corrected chi connectivity index (χ0v) is 12.6. The van der Waals surface area contributed by atoms with Crippen LogP contribution in [0.5, 0.6) is 0 Å². The van der Waals surface area contributed by atoms with Gasteiger partial charge in [0, 0.05) is 21.8 Å². The van der Waals surface area contributed by atoms with Gasteiger partial charge in [-0.15, -0.1) is 11.3 Å². The van der Waals surface area contributed by atoms with Crippen molar-refractivity contribution < 1.29 is 0 Å². The molecule has 1 heterocycles. The molecule has 1 atom stereocenters. The van der Waals surface area contributed by atoms with Crippen molar-refractivity contribution in [3.05, 3.63) is 55.1 Å². The minimum absolute atomic E-state index is 0.000934. The standard InChI is InChI=1S/C13H13BrClNS/c1-8-2-4-11(14)10(6-8)12(16)7-9-3-5-13(15)17-9/h2-6,12H,7,16H2,1H3. The summed E-state index contributed by atoms with van der Waals surface area (Å²) in [7, 11) is 0. The number of hydrogen-bond donors (Lipinski definition) is 1. The van der Waals surface area contributed by atoms with E-state index in [2.05, 4.69) is 35.0 Å². The molecular formula is C13H13BrClNS. The number of benzene rings is 1. The minimum Gasteiger partial charge on any atom is -0.324 e. The molecule has 0 aliphatic heterocycles. The van der Waals surface area contributed by atoms with Crippen molar-refractivity contribution in [2.24, 2.45) is 5.73 Å². The first-order valence-corrected chi connectivity index (χ1v) is 7.31. The van der Waals surface area contributed by atoms with E-state index in [0.29, 0.717) is 0 Å². The van der Waals surface area contributed by atoms with Crippen molar-refractivity contribution in [1.29, 1.82) is 0 Å². The van der Waals surface area contributed by atoms with Crippen LogP contribution in [0.2, 0.25) is 4.34 Å². The molecule has 0 saturated heterocycles. The summed E-state index contributed by atoms with van der Waals surface area (Å²) in [6.07, 6.45) is 0.819. The van der Waals surface area contributed by atoms with E-state index in [1.807, 2.05) is 18.2 Å². The monoisotopic (exact) mass is 329 g/mol. The normalized spacial score (nSPS) is 12.7. The van der Waals surface area contributed by atoms with Crippen molar-refractivity contribution in [2.75, 3.05) is 0 Å². The first kappa shape index (κ1) is 13.1. The third-order valence-electron chi connectivity index (χ3n) is 2.60. The molecule has 0 fully saturated rings. The zero-order valence-electron chi connectivity index (χ0n) is 9.41. The summed E-state index contributed by atoms with van der Waals surface area (Å²) in [5.41, 5.74) is 8.61. The van der Waals surface area contributed by atoms with Gasteiger partial charge in [-0.05, 0) is 30.7 Å². The molecule has 0 amide bonds. The number of thiophene rings is 1. The van der Waals surface area contributed by atoms with Crippen molar-refractivity contribution in [3.8, 4) is 0 Å². The molecule has 0 saturated carbocycles. The molecule has 1 nitrogen and oxygen atoms in total. The highest BCUT2D eigenvalue weighted by Gasteiger charge is 2.12. The van der Waals surface area contributed by atoms with Crippen molar-refractivity contribution >= 4 is 38.9 Å². The zero-order chi connectivity index (χ0) is 12.4. The predicted octanol–water partition coefficient (Wildman–Crippen LogP) is 4.71. The third-order valence-corrected chi connectivity index (χ3v) is 4.58. The van der Waals surface area contributed by atoms with Gasteiger partial charge in [-0.25, -0.2) is 0 Å². The van der Waals surface area contributed by atoms with Crippen LogP contribution in [0.15, 0.2) is 34.8 Å². The number of rotatable bonds is 3. The molecule has 1 aromatic carbocycles. The second-order valence-electron chi connectivity index (χ2n) is 4.04. The highest BCUT2D eigenvalue weighted by atomic mass is 79.9. The van der Waals surface area contributed by atoms with Gasteiger partial charge in [-0.1, -0.05) is 45.2 Å². The molecule has 2 aromatic rings. The molecule has 2 rings (SSSR count).